The predicted molar refractivity (Wildman–Crippen MR) is 110 cm³/mol. The second-order valence-corrected chi connectivity index (χ2v) is 6.85. The van der Waals surface area contributed by atoms with Crippen molar-refractivity contribution in [2.75, 3.05) is 7.11 Å². The highest BCUT2D eigenvalue weighted by molar-refractivity contribution is 5.84. The van der Waals surface area contributed by atoms with Gasteiger partial charge in [0, 0.05) is 0 Å². The molecule has 0 bridgehead atoms. The van der Waals surface area contributed by atoms with E-state index in [1.165, 1.54) is 25.3 Å². The Hall–Kier alpha value is -4.45. The van der Waals surface area contributed by atoms with Crippen molar-refractivity contribution in [3.05, 3.63) is 70.0 Å². The topological polar surface area (TPSA) is 109 Å². The molecule has 0 spiro atoms. The fourth-order valence-electron chi connectivity index (χ4n) is 3.62. The van der Waals surface area contributed by atoms with Crippen molar-refractivity contribution in [1.29, 1.82) is 5.26 Å². The number of hydrogen-bond acceptors (Lipinski definition) is 6. The average Bonchev–Trinajstić information content (AvgIpc) is 3.34. The fourth-order valence-corrected chi connectivity index (χ4v) is 3.62. The van der Waals surface area contributed by atoms with E-state index in [2.05, 4.69) is 15.1 Å². The molecule has 0 amide bonds. The van der Waals surface area contributed by atoms with Gasteiger partial charge in [-0.15, -0.1) is 0 Å². The number of nitrogens with zero attached hydrogens (tertiary/aromatic N) is 4. The summed E-state index contributed by atoms with van der Waals surface area (Å²) in [5, 5.41) is 12.3. The molecule has 3 aromatic heterocycles. The Kier molecular flexibility index (Phi) is 4.08. The maximum atomic E-state index is 13.8. The number of ether oxygens (including phenoxy) is 1. The Morgan fingerprint density at radius 1 is 1.19 bits per heavy atom. The Balaban J connectivity index is 1.80. The standard InChI is InChI=1S/C22H14FN5O3/c1-11-17(21-26-19-15(30-2)7-4-8-16(19)31-21)22(29)28-20(25-11)18(14(10-24)27-28)12-5-3-6-13(23)9-12/h3-9,27H,1-2H3. The van der Waals surface area contributed by atoms with Crippen molar-refractivity contribution in [3.63, 3.8) is 0 Å². The zero-order valence-corrected chi connectivity index (χ0v) is 16.4. The summed E-state index contributed by atoms with van der Waals surface area (Å²) in [6.45, 7) is 1.65. The first-order valence-corrected chi connectivity index (χ1v) is 9.27. The molecule has 0 radical (unpaired) electrons. The molecule has 0 fully saturated rings. The van der Waals surface area contributed by atoms with Gasteiger partial charge in [-0.25, -0.2) is 14.4 Å². The predicted octanol–water partition coefficient (Wildman–Crippen LogP) is 3.83. The summed E-state index contributed by atoms with van der Waals surface area (Å²) in [6.07, 6.45) is 0. The number of aromatic amines is 1. The molecule has 2 aromatic carbocycles. The molecule has 3 heterocycles. The third-order valence-corrected chi connectivity index (χ3v) is 5.00. The van der Waals surface area contributed by atoms with Crippen LogP contribution in [0, 0.1) is 24.1 Å². The number of fused-ring (bicyclic) bond motifs is 2. The van der Waals surface area contributed by atoms with Crippen molar-refractivity contribution in [1.82, 2.24) is 19.6 Å². The van der Waals surface area contributed by atoms with Crippen LogP contribution in [0.25, 0.3) is 39.3 Å². The molecular formula is C22H14FN5O3. The normalized spacial score (nSPS) is 11.2. The summed E-state index contributed by atoms with van der Waals surface area (Å²) >= 11 is 0. The number of H-pyrrole nitrogens is 1. The van der Waals surface area contributed by atoms with E-state index in [1.54, 1.807) is 31.2 Å². The molecule has 0 saturated carbocycles. The Morgan fingerprint density at radius 2 is 2.00 bits per heavy atom. The van der Waals surface area contributed by atoms with Crippen molar-refractivity contribution < 1.29 is 13.5 Å². The number of aromatic nitrogens is 4. The van der Waals surface area contributed by atoms with Gasteiger partial charge in [0.15, 0.2) is 16.7 Å². The summed E-state index contributed by atoms with van der Waals surface area (Å²) in [5.41, 5.74) is 2.02. The van der Waals surface area contributed by atoms with Crippen molar-refractivity contribution in [2.24, 2.45) is 0 Å². The molecule has 31 heavy (non-hydrogen) atoms. The number of halogens is 1. The lowest BCUT2D eigenvalue weighted by atomic mass is 10.1. The molecule has 5 rings (SSSR count). The van der Waals surface area contributed by atoms with Gasteiger partial charge >= 0.3 is 0 Å². The van der Waals surface area contributed by atoms with E-state index in [1.807, 2.05) is 6.07 Å². The molecule has 0 unspecified atom stereocenters. The molecule has 8 nitrogen and oxygen atoms in total. The van der Waals surface area contributed by atoms with Gasteiger partial charge in [0.2, 0.25) is 5.89 Å². The van der Waals surface area contributed by atoms with Crippen LogP contribution in [0.1, 0.15) is 11.4 Å². The molecular weight excluding hydrogens is 401 g/mol. The summed E-state index contributed by atoms with van der Waals surface area (Å²) in [5.74, 6) is 0.139. The smallest absolute Gasteiger partial charge is 0.285 e. The first-order chi connectivity index (χ1) is 15.0. The van der Waals surface area contributed by atoms with Crippen LogP contribution in [0.3, 0.4) is 0 Å². The summed E-state index contributed by atoms with van der Waals surface area (Å²) in [4.78, 5) is 22.3. The Labute approximate surface area is 174 Å². The highest BCUT2D eigenvalue weighted by Gasteiger charge is 2.23. The number of benzene rings is 2. The van der Waals surface area contributed by atoms with Crippen molar-refractivity contribution >= 4 is 16.7 Å². The van der Waals surface area contributed by atoms with Gasteiger partial charge in [-0.05, 0) is 36.8 Å². The average molecular weight is 415 g/mol. The summed E-state index contributed by atoms with van der Waals surface area (Å²) in [6, 6.07) is 13.0. The van der Waals surface area contributed by atoms with Gasteiger partial charge in [0.1, 0.15) is 28.9 Å². The molecule has 1 N–H and O–H groups in total. The van der Waals surface area contributed by atoms with Crippen LogP contribution in [-0.4, -0.2) is 26.7 Å². The largest absolute Gasteiger partial charge is 0.494 e. The van der Waals surface area contributed by atoms with Gasteiger partial charge in [0.25, 0.3) is 5.56 Å². The second-order valence-electron chi connectivity index (χ2n) is 6.85. The molecule has 0 atom stereocenters. The van der Waals surface area contributed by atoms with Crippen LogP contribution in [0.4, 0.5) is 4.39 Å². The van der Waals surface area contributed by atoms with Crippen LogP contribution in [0.15, 0.2) is 51.7 Å². The van der Waals surface area contributed by atoms with E-state index in [-0.39, 0.29) is 22.8 Å². The number of aryl methyl sites for hydroxylation is 1. The van der Waals surface area contributed by atoms with Crippen LogP contribution >= 0.6 is 0 Å². The maximum Gasteiger partial charge on any atom is 0.285 e. The highest BCUT2D eigenvalue weighted by atomic mass is 19.1. The zero-order valence-electron chi connectivity index (χ0n) is 16.4. The van der Waals surface area contributed by atoms with Gasteiger partial charge in [-0.1, -0.05) is 18.2 Å². The lowest BCUT2D eigenvalue weighted by Gasteiger charge is -2.04. The maximum absolute atomic E-state index is 13.8. The van der Waals surface area contributed by atoms with Crippen LogP contribution in [0.5, 0.6) is 5.75 Å². The van der Waals surface area contributed by atoms with E-state index >= 15 is 0 Å². The van der Waals surface area contributed by atoms with E-state index in [0.29, 0.717) is 33.7 Å². The Morgan fingerprint density at radius 3 is 2.74 bits per heavy atom. The summed E-state index contributed by atoms with van der Waals surface area (Å²) in [7, 11) is 1.52. The lowest BCUT2D eigenvalue weighted by molar-refractivity contribution is 0.419. The lowest BCUT2D eigenvalue weighted by Crippen LogP contribution is -2.19. The van der Waals surface area contributed by atoms with Crippen molar-refractivity contribution in [2.45, 2.75) is 6.92 Å². The molecule has 152 valence electrons. The number of methoxy groups -OCH3 is 1. The third kappa shape index (κ3) is 2.77. The quantitative estimate of drug-likeness (QED) is 0.480. The Bertz CT molecular complexity index is 1590. The monoisotopic (exact) mass is 415 g/mol. The minimum atomic E-state index is -0.493. The van der Waals surface area contributed by atoms with E-state index in [9.17, 15) is 14.4 Å². The van der Waals surface area contributed by atoms with Gasteiger partial charge in [-0.3, -0.25) is 9.89 Å². The van der Waals surface area contributed by atoms with E-state index in [0.717, 1.165) is 4.52 Å². The number of rotatable bonds is 3. The van der Waals surface area contributed by atoms with E-state index in [4.69, 9.17) is 9.15 Å². The van der Waals surface area contributed by atoms with Crippen LogP contribution in [-0.2, 0) is 0 Å². The second kappa shape index (κ2) is 6.81. The zero-order chi connectivity index (χ0) is 21.7. The van der Waals surface area contributed by atoms with Crippen molar-refractivity contribution in [3.8, 4) is 34.4 Å². The van der Waals surface area contributed by atoms with Crippen LogP contribution in [0.2, 0.25) is 0 Å². The molecule has 0 aliphatic heterocycles. The first kappa shape index (κ1) is 18.6. The molecule has 0 aliphatic carbocycles. The SMILES string of the molecule is COc1cccc2oc(-c3c(C)nc4c(-c5cccc(F)c5)c(C#N)[nH]n4c3=O)nc12. The summed E-state index contributed by atoms with van der Waals surface area (Å²) < 4.78 is 26.0. The van der Waals surface area contributed by atoms with Crippen LogP contribution < -0.4 is 10.3 Å². The minimum Gasteiger partial charge on any atom is -0.494 e. The molecule has 0 saturated heterocycles. The fraction of sp³-hybridized carbons (Fsp3) is 0.0909. The van der Waals surface area contributed by atoms with E-state index < -0.39 is 11.4 Å². The van der Waals surface area contributed by atoms with Gasteiger partial charge in [-0.2, -0.15) is 9.78 Å². The third-order valence-electron chi connectivity index (χ3n) is 5.00. The number of nitriles is 1. The van der Waals surface area contributed by atoms with Gasteiger partial charge in [0.05, 0.1) is 18.4 Å². The molecule has 5 aromatic rings. The first-order valence-electron chi connectivity index (χ1n) is 9.27. The minimum absolute atomic E-state index is 0.0873. The number of nitrogens with one attached hydrogen (secondary N) is 1. The number of hydrogen-bond donors (Lipinski definition) is 1. The molecule has 0 aliphatic rings. The highest BCUT2D eigenvalue weighted by Crippen LogP contribution is 2.31. The number of para-hydroxylation sites is 1. The van der Waals surface area contributed by atoms with Gasteiger partial charge < -0.3 is 9.15 Å². The molecule has 9 heteroatoms. The number of oxazole rings is 1.